The van der Waals surface area contributed by atoms with E-state index in [1.165, 1.54) is 0 Å². The maximum Gasteiger partial charge on any atom is 0.193 e. The number of hydrogen-bond acceptors (Lipinski definition) is 3. The third-order valence-electron chi connectivity index (χ3n) is 3.42. The molecule has 0 aliphatic carbocycles. The third-order valence-corrected chi connectivity index (χ3v) is 4.01. The van der Waals surface area contributed by atoms with Gasteiger partial charge >= 0.3 is 0 Å². The van der Waals surface area contributed by atoms with Gasteiger partial charge in [-0.3, -0.25) is 4.99 Å². The zero-order valence-corrected chi connectivity index (χ0v) is 15.9. The molecule has 1 rings (SSSR count). The van der Waals surface area contributed by atoms with E-state index in [1.54, 1.807) is 21.3 Å². The van der Waals surface area contributed by atoms with Crippen molar-refractivity contribution in [2.75, 3.05) is 34.9 Å². The highest BCUT2D eigenvalue weighted by atomic mass is 79.9. The number of halogens is 1. The van der Waals surface area contributed by atoms with Crippen LogP contribution in [0.5, 0.6) is 11.5 Å². The molecule has 0 bridgehead atoms. The van der Waals surface area contributed by atoms with Crippen LogP contribution in [0.3, 0.4) is 0 Å². The summed E-state index contributed by atoms with van der Waals surface area (Å²) in [6, 6.07) is 3.97. The van der Waals surface area contributed by atoms with Gasteiger partial charge in [0.05, 0.1) is 18.7 Å². The number of unbranched alkanes of at least 4 members (excludes halogenated alkanes) is 1. The van der Waals surface area contributed by atoms with E-state index in [0.29, 0.717) is 18.0 Å². The van der Waals surface area contributed by atoms with Crippen molar-refractivity contribution in [3.63, 3.8) is 0 Å². The number of methoxy groups -OCH3 is 2. The molecule has 0 heterocycles. The SMILES string of the molecule is C=CCCCN(C)C(=NC)NCc1cc(Br)c(OC)c(OC)c1. The Balaban J connectivity index is 2.72. The molecule has 0 fully saturated rings. The van der Waals surface area contributed by atoms with Gasteiger partial charge in [0, 0.05) is 27.2 Å². The second-order valence-corrected chi connectivity index (χ2v) is 5.92. The normalized spacial score (nSPS) is 11.1. The summed E-state index contributed by atoms with van der Waals surface area (Å²) in [7, 11) is 7.08. The monoisotopic (exact) mass is 383 g/mol. The van der Waals surface area contributed by atoms with Crippen LogP contribution in [0.4, 0.5) is 0 Å². The molecule has 128 valence electrons. The third kappa shape index (κ3) is 5.78. The number of nitrogens with one attached hydrogen (secondary N) is 1. The second kappa shape index (κ2) is 10.2. The topological polar surface area (TPSA) is 46.1 Å². The molecule has 6 heteroatoms. The Morgan fingerprint density at radius 1 is 1.39 bits per heavy atom. The molecule has 0 atom stereocenters. The summed E-state index contributed by atoms with van der Waals surface area (Å²) in [5.41, 5.74) is 1.08. The Kier molecular flexibility index (Phi) is 8.55. The van der Waals surface area contributed by atoms with Gasteiger partial charge in [-0.05, 0) is 46.5 Å². The van der Waals surface area contributed by atoms with Crippen LogP contribution in [0, 0.1) is 0 Å². The number of nitrogens with zero attached hydrogens (tertiary/aromatic N) is 2. The zero-order valence-electron chi connectivity index (χ0n) is 14.4. The van der Waals surface area contributed by atoms with Crippen molar-refractivity contribution < 1.29 is 9.47 Å². The first-order valence-electron chi connectivity index (χ1n) is 7.50. The van der Waals surface area contributed by atoms with Gasteiger partial charge in [0.1, 0.15) is 0 Å². The Hall–Kier alpha value is -1.69. The highest BCUT2D eigenvalue weighted by molar-refractivity contribution is 9.10. The van der Waals surface area contributed by atoms with Crippen LogP contribution in [0.2, 0.25) is 0 Å². The van der Waals surface area contributed by atoms with Crippen LogP contribution in [0.1, 0.15) is 18.4 Å². The molecule has 23 heavy (non-hydrogen) atoms. The maximum absolute atomic E-state index is 5.37. The van der Waals surface area contributed by atoms with Gasteiger partial charge in [0.25, 0.3) is 0 Å². The molecule has 5 nitrogen and oxygen atoms in total. The largest absolute Gasteiger partial charge is 0.493 e. The van der Waals surface area contributed by atoms with E-state index in [-0.39, 0.29) is 0 Å². The predicted molar refractivity (Wildman–Crippen MR) is 99.5 cm³/mol. The van der Waals surface area contributed by atoms with E-state index in [1.807, 2.05) is 25.3 Å². The fraction of sp³-hybridized carbons (Fsp3) is 0.471. The molecule has 0 aromatic heterocycles. The fourth-order valence-corrected chi connectivity index (χ4v) is 2.87. The lowest BCUT2D eigenvalue weighted by atomic mass is 10.2. The van der Waals surface area contributed by atoms with Crippen LogP contribution in [0.15, 0.2) is 34.3 Å². The second-order valence-electron chi connectivity index (χ2n) is 5.07. The van der Waals surface area contributed by atoms with E-state index >= 15 is 0 Å². The van der Waals surface area contributed by atoms with Crippen molar-refractivity contribution in [2.24, 2.45) is 4.99 Å². The maximum atomic E-state index is 5.37. The van der Waals surface area contributed by atoms with Crippen molar-refractivity contribution >= 4 is 21.9 Å². The van der Waals surface area contributed by atoms with Crippen molar-refractivity contribution in [3.8, 4) is 11.5 Å². The average molecular weight is 384 g/mol. The quantitative estimate of drug-likeness (QED) is 0.323. The van der Waals surface area contributed by atoms with Gasteiger partial charge in [-0.2, -0.15) is 0 Å². The minimum atomic E-state index is 0.650. The summed E-state index contributed by atoms with van der Waals surface area (Å²) in [4.78, 5) is 6.43. The molecule has 0 unspecified atom stereocenters. The first kappa shape index (κ1) is 19.4. The highest BCUT2D eigenvalue weighted by Crippen LogP contribution is 2.36. The van der Waals surface area contributed by atoms with Crippen molar-refractivity contribution in [1.82, 2.24) is 10.2 Å². The van der Waals surface area contributed by atoms with Gasteiger partial charge in [-0.15, -0.1) is 6.58 Å². The van der Waals surface area contributed by atoms with Crippen LogP contribution in [-0.4, -0.2) is 45.7 Å². The standard InChI is InChI=1S/C17H26BrN3O2/c1-6-7-8-9-21(3)17(19-2)20-12-13-10-14(18)16(23-5)15(11-13)22-4/h6,10-11H,1,7-9,12H2,2-5H3,(H,19,20). The van der Waals surface area contributed by atoms with Crippen LogP contribution in [0.25, 0.3) is 0 Å². The molecule has 0 spiro atoms. The van der Waals surface area contributed by atoms with E-state index in [4.69, 9.17) is 9.47 Å². The van der Waals surface area contributed by atoms with Crippen molar-refractivity contribution in [3.05, 3.63) is 34.8 Å². The van der Waals surface area contributed by atoms with Crippen molar-refractivity contribution in [2.45, 2.75) is 19.4 Å². The minimum absolute atomic E-state index is 0.650. The lowest BCUT2D eigenvalue weighted by Crippen LogP contribution is -2.38. The summed E-state index contributed by atoms with van der Waals surface area (Å²) in [6.07, 6.45) is 4.00. The molecule has 0 amide bonds. The van der Waals surface area contributed by atoms with Crippen molar-refractivity contribution in [1.29, 1.82) is 0 Å². The molecular formula is C17H26BrN3O2. The van der Waals surface area contributed by atoms with E-state index < -0.39 is 0 Å². The molecule has 1 aromatic carbocycles. The Bertz CT molecular complexity index is 547. The average Bonchev–Trinajstić information content (AvgIpc) is 2.55. The van der Waals surface area contributed by atoms with E-state index in [2.05, 4.69) is 37.7 Å². The zero-order chi connectivity index (χ0) is 17.2. The summed E-state index contributed by atoms with van der Waals surface area (Å²) >= 11 is 3.51. The molecule has 1 aromatic rings. The lowest BCUT2D eigenvalue weighted by molar-refractivity contribution is 0.352. The Morgan fingerprint density at radius 2 is 2.13 bits per heavy atom. The number of ether oxygens (including phenoxy) is 2. The summed E-state index contributed by atoms with van der Waals surface area (Å²) in [5, 5.41) is 3.36. The summed E-state index contributed by atoms with van der Waals surface area (Å²) in [5.74, 6) is 2.26. The Morgan fingerprint density at radius 3 is 2.70 bits per heavy atom. The van der Waals surface area contributed by atoms with Gasteiger partial charge in [0.2, 0.25) is 0 Å². The summed E-state index contributed by atoms with van der Waals surface area (Å²) in [6.45, 7) is 5.33. The Labute approximate surface area is 147 Å². The number of allylic oxidation sites excluding steroid dienone is 1. The molecule has 0 saturated heterocycles. The number of benzene rings is 1. The molecule has 1 N–H and O–H groups in total. The van der Waals surface area contributed by atoms with Gasteiger partial charge in [-0.1, -0.05) is 6.08 Å². The highest BCUT2D eigenvalue weighted by Gasteiger charge is 2.11. The number of aliphatic imine (C=N–C) groups is 1. The molecule has 0 radical (unpaired) electrons. The summed E-state index contributed by atoms with van der Waals surface area (Å²) < 4.78 is 11.6. The molecule has 0 aliphatic rings. The predicted octanol–water partition coefficient (Wildman–Crippen LogP) is 3.44. The number of guanidine groups is 1. The lowest BCUT2D eigenvalue weighted by Gasteiger charge is -2.22. The van der Waals surface area contributed by atoms with Crippen LogP contribution < -0.4 is 14.8 Å². The molecule has 0 saturated carbocycles. The molecular weight excluding hydrogens is 358 g/mol. The van der Waals surface area contributed by atoms with Crippen LogP contribution in [-0.2, 0) is 6.54 Å². The van der Waals surface area contributed by atoms with E-state index in [0.717, 1.165) is 35.4 Å². The minimum Gasteiger partial charge on any atom is -0.493 e. The van der Waals surface area contributed by atoms with Gasteiger partial charge in [0.15, 0.2) is 17.5 Å². The fourth-order valence-electron chi connectivity index (χ4n) is 2.22. The number of rotatable bonds is 8. The van der Waals surface area contributed by atoms with Crippen LogP contribution >= 0.6 is 15.9 Å². The molecule has 0 aliphatic heterocycles. The van der Waals surface area contributed by atoms with Gasteiger partial charge in [-0.25, -0.2) is 0 Å². The van der Waals surface area contributed by atoms with Gasteiger partial charge < -0.3 is 19.7 Å². The first-order chi connectivity index (χ1) is 11.1. The number of hydrogen-bond donors (Lipinski definition) is 1. The first-order valence-corrected chi connectivity index (χ1v) is 8.29. The van der Waals surface area contributed by atoms with E-state index in [9.17, 15) is 0 Å². The smallest absolute Gasteiger partial charge is 0.193 e.